The third kappa shape index (κ3) is 3.89. The van der Waals surface area contributed by atoms with Crippen molar-refractivity contribution in [3.8, 4) is 6.07 Å². The Hall–Kier alpha value is -1.68. The molecule has 7 heteroatoms. The van der Waals surface area contributed by atoms with Gasteiger partial charge in [-0.3, -0.25) is 4.79 Å². The van der Waals surface area contributed by atoms with Crippen molar-refractivity contribution in [1.82, 2.24) is 0 Å². The van der Waals surface area contributed by atoms with Crippen molar-refractivity contribution in [1.29, 1.82) is 5.26 Å². The first-order valence-electron chi connectivity index (χ1n) is 5.28. The number of thiol groups is 1. The van der Waals surface area contributed by atoms with E-state index in [1.807, 2.05) is 0 Å². The quantitative estimate of drug-likeness (QED) is 0.687. The number of esters is 1. The molecule has 0 saturated carbocycles. The molecule has 19 heavy (non-hydrogen) atoms. The second kappa shape index (κ2) is 5.97. The van der Waals surface area contributed by atoms with Gasteiger partial charge in [0.2, 0.25) is 0 Å². The molecule has 1 rings (SSSR count). The third-order valence-electron chi connectivity index (χ3n) is 2.26. The largest absolute Gasteiger partial charge is 0.466 e. The number of nitrogens with zero attached hydrogens (tertiary/aromatic N) is 1. The highest BCUT2D eigenvalue weighted by molar-refractivity contribution is 7.80. The van der Waals surface area contributed by atoms with Gasteiger partial charge in [0.25, 0.3) is 0 Å². The van der Waals surface area contributed by atoms with Crippen LogP contribution in [-0.4, -0.2) is 12.6 Å². The minimum Gasteiger partial charge on any atom is -0.466 e. The Kier molecular flexibility index (Phi) is 4.84. The van der Waals surface area contributed by atoms with Gasteiger partial charge in [-0.15, -0.1) is 12.6 Å². The van der Waals surface area contributed by atoms with Gasteiger partial charge in [0, 0.05) is 4.90 Å². The van der Waals surface area contributed by atoms with Crippen LogP contribution in [0.3, 0.4) is 0 Å². The van der Waals surface area contributed by atoms with Crippen molar-refractivity contribution in [2.75, 3.05) is 6.61 Å². The van der Waals surface area contributed by atoms with Crippen molar-refractivity contribution < 1.29 is 22.7 Å². The number of hydrogen-bond donors (Lipinski definition) is 1. The average Bonchev–Trinajstić information content (AvgIpc) is 2.30. The molecule has 0 aliphatic carbocycles. The van der Waals surface area contributed by atoms with Gasteiger partial charge in [0.15, 0.2) is 0 Å². The fraction of sp³-hybridized carbons (Fsp3) is 0.333. The number of halogens is 3. The van der Waals surface area contributed by atoms with E-state index in [0.29, 0.717) is 6.07 Å². The summed E-state index contributed by atoms with van der Waals surface area (Å²) in [5.41, 5.74) is -1.19. The molecule has 0 aliphatic heterocycles. The Morgan fingerprint density at radius 1 is 1.47 bits per heavy atom. The van der Waals surface area contributed by atoms with E-state index in [2.05, 4.69) is 17.4 Å². The normalized spacial score (nSPS) is 10.9. The molecular weight excluding hydrogens is 279 g/mol. The molecule has 0 N–H and O–H groups in total. The Morgan fingerprint density at radius 2 is 2.11 bits per heavy atom. The topological polar surface area (TPSA) is 50.1 Å². The lowest BCUT2D eigenvalue weighted by Crippen LogP contribution is -2.12. The van der Waals surface area contributed by atoms with Gasteiger partial charge in [0.05, 0.1) is 30.2 Å². The van der Waals surface area contributed by atoms with Crippen molar-refractivity contribution in [3.05, 3.63) is 28.8 Å². The minimum absolute atomic E-state index is 0.0214. The first-order chi connectivity index (χ1) is 8.79. The number of nitriles is 1. The lowest BCUT2D eigenvalue weighted by atomic mass is 10.0. The molecule has 102 valence electrons. The number of hydrogen-bond acceptors (Lipinski definition) is 4. The number of carbonyl (C=O) groups excluding carboxylic acids is 1. The summed E-state index contributed by atoms with van der Waals surface area (Å²) in [6.45, 7) is 1.72. The fourth-order valence-corrected chi connectivity index (χ4v) is 1.81. The number of benzene rings is 1. The Labute approximate surface area is 113 Å². The zero-order valence-electron chi connectivity index (χ0n) is 9.91. The van der Waals surface area contributed by atoms with E-state index in [1.165, 1.54) is 6.07 Å². The summed E-state index contributed by atoms with van der Waals surface area (Å²) in [7, 11) is 0. The van der Waals surface area contributed by atoms with Gasteiger partial charge in [-0.05, 0) is 24.6 Å². The van der Waals surface area contributed by atoms with Crippen LogP contribution in [0.1, 0.15) is 23.6 Å². The van der Waals surface area contributed by atoms with Crippen LogP contribution in [-0.2, 0) is 22.1 Å². The first-order valence-corrected chi connectivity index (χ1v) is 5.73. The highest BCUT2D eigenvalue weighted by atomic mass is 32.1. The van der Waals surface area contributed by atoms with Gasteiger partial charge in [-0.25, -0.2) is 0 Å². The molecular formula is C12H10F3NO2S. The lowest BCUT2D eigenvalue weighted by molar-refractivity contribution is -0.143. The zero-order chi connectivity index (χ0) is 14.6. The second-order valence-corrected chi connectivity index (χ2v) is 4.07. The summed E-state index contributed by atoms with van der Waals surface area (Å²) in [5.74, 6) is -0.666. The highest BCUT2D eigenvalue weighted by Crippen LogP contribution is 2.36. The van der Waals surface area contributed by atoms with E-state index in [1.54, 1.807) is 13.0 Å². The molecule has 0 fully saturated rings. The molecule has 3 nitrogen and oxygen atoms in total. The fourth-order valence-electron chi connectivity index (χ4n) is 1.48. The summed E-state index contributed by atoms with van der Waals surface area (Å²) in [5, 5.41) is 8.72. The molecule has 1 aromatic rings. The van der Waals surface area contributed by atoms with Crippen molar-refractivity contribution in [2.45, 2.75) is 24.4 Å². The number of carbonyl (C=O) groups is 1. The molecule has 0 saturated heterocycles. The highest BCUT2D eigenvalue weighted by Gasteiger charge is 2.34. The summed E-state index contributed by atoms with van der Waals surface area (Å²) >= 11 is 3.80. The average molecular weight is 289 g/mol. The van der Waals surface area contributed by atoms with Crippen LogP contribution in [0.25, 0.3) is 0 Å². The van der Waals surface area contributed by atoms with E-state index >= 15 is 0 Å². The first kappa shape index (κ1) is 15.4. The van der Waals surface area contributed by atoms with Crippen LogP contribution >= 0.6 is 12.6 Å². The zero-order valence-corrected chi connectivity index (χ0v) is 10.8. The van der Waals surface area contributed by atoms with Crippen LogP contribution in [0.15, 0.2) is 17.0 Å². The molecule has 0 aliphatic rings. The molecule has 0 heterocycles. The molecule has 0 radical (unpaired) electrons. The monoisotopic (exact) mass is 289 g/mol. The van der Waals surface area contributed by atoms with Gasteiger partial charge in [0.1, 0.15) is 0 Å². The van der Waals surface area contributed by atoms with Crippen molar-refractivity contribution in [3.63, 3.8) is 0 Å². The van der Waals surface area contributed by atoms with Crippen LogP contribution in [0.2, 0.25) is 0 Å². The maximum Gasteiger partial charge on any atom is 0.417 e. The van der Waals surface area contributed by atoms with Crippen LogP contribution in [0.4, 0.5) is 13.2 Å². The number of alkyl halides is 3. The maximum atomic E-state index is 12.8. The van der Waals surface area contributed by atoms with Gasteiger partial charge >= 0.3 is 12.1 Å². The van der Waals surface area contributed by atoms with Gasteiger partial charge < -0.3 is 4.74 Å². The summed E-state index contributed by atoms with van der Waals surface area (Å²) < 4.78 is 42.9. The number of ether oxygens (including phenoxy) is 1. The Bertz CT molecular complexity index is 535. The maximum absolute atomic E-state index is 12.8. The van der Waals surface area contributed by atoms with E-state index in [9.17, 15) is 18.0 Å². The second-order valence-electron chi connectivity index (χ2n) is 3.62. The third-order valence-corrected chi connectivity index (χ3v) is 2.79. The predicted molar refractivity (Wildman–Crippen MR) is 63.7 cm³/mol. The standard InChI is InChI=1S/C12H10F3NO2S/c1-2-18-10(17)5-8-3-7(6-16)4-9(11(8)19)12(13,14)15/h3-4,19H,2,5H2,1H3. The lowest BCUT2D eigenvalue weighted by Gasteiger charge is -2.13. The summed E-state index contributed by atoms with van der Waals surface area (Å²) in [6, 6.07) is 3.53. The molecule has 0 atom stereocenters. The Morgan fingerprint density at radius 3 is 2.58 bits per heavy atom. The van der Waals surface area contributed by atoms with Crippen LogP contribution in [0, 0.1) is 11.3 Å². The molecule has 0 unspecified atom stereocenters. The predicted octanol–water partition coefficient (Wildman–Crippen LogP) is 2.97. The van der Waals surface area contributed by atoms with E-state index in [4.69, 9.17) is 5.26 Å². The Balaban J connectivity index is 3.25. The molecule has 0 aromatic heterocycles. The summed E-state index contributed by atoms with van der Waals surface area (Å²) in [4.78, 5) is 10.9. The van der Waals surface area contributed by atoms with Crippen LogP contribution < -0.4 is 0 Å². The number of rotatable bonds is 3. The van der Waals surface area contributed by atoms with E-state index in [-0.39, 0.29) is 29.1 Å². The molecule has 1 aromatic carbocycles. The summed E-state index contributed by atoms with van der Waals surface area (Å²) in [6.07, 6.45) is -4.99. The molecule has 0 bridgehead atoms. The van der Waals surface area contributed by atoms with E-state index in [0.717, 1.165) is 0 Å². The van der Waals surface area contributed by atoms with Gasteiger partial charge in [-0.2, -0.15) is 18.4 Å². The SMILES string of the molecule is CCOC(=O)Cc1cc(C#N)cc(C(F)(F)F)c1S. The van der Waals surface area contributed by atoms with Crippen molar-refractivity contribution >= 4 is 18.6 Å². The van der Waals surface area contributed by atoms with E-state index < -0.39 is 17.7 Å². The van der Waals surface area contributed by atoms with Crippen molar-refractivity contribution in [2.24, 2.45) is 0 Å². The molecule has 0 amide bonds. The smallest absolute Gasteiger partial charge is 0.417 e. The minimum atomic E-state index is -4.63. The van der Waals surface area contributed by atoms with Gasteiger partial charge in [-0.1, -0.05) is 0 Å². The molecule has 0 spiro atoms. The van der Waals surface area contributed by atoms with Crippen LogP contribution in [0.5, 0.6) is 0 Å².